The molecule has 4 nitrogen and oxygen atoms in total. The molecule has 25 heavy (non-hydrogen) atoms. The Hall–Kier alpha value is -1.56. The van der Waals surface area contributed by atoms with Crippen molar-refractivity contribution in [2.45, 2.75) is 31.3 Å². The molecule has 0 saturated carbocycles. The molecule has 0 spiro atoms. The van der Waals surface area contributed by atoms with Crippen molar-refractivity contribution in [2.24, 2.45) is 0 Å². The lowest BCUT2D eigenvalue weighted by molar-refractivity contribution is 0.102. The average molecular weight is 400 g/mol. The third-order valence-electron chi connectivity index (χ3n) is 3.67. The molecule has 0 heterocycles. The molecule has 0 unspecified atom stereocenters. The van der Waals surface area contributed by atoms with Crippen LogP contribution >= 0.6 is 23.2 Å². The molecular formula is C18H19Cl2NO3S. The first-order valence-electron chi connectivity index (χ1n) is 7.58. The highest BCUT2D eigenvalue weighted by Gasteiger charge is 2.29. The Bertz CT molecular complexity index is 903. The minimum atomic E-state index is -3.31. The normalized spacial score (nSPS) is 12.0. The van der Waals surface area contributed by atoms with E-state index in [9.17, 15) is 13.2 Å². The summed E-state index contributed by atoms with van der Waals surface area (Å²) in [4.78, 5) is 12.4. The molecule has 0 saturated heterocycles. The van der Waals surface area contributed by atoms with Crippen molar-refractivity contribution in [1.82, 2.24) is 0 Å². The predicted molar refractivity (Wildman–Crippen MR) is 103 cm³/mol. The van der Waals surface area contributed by atoms with Crippen molar-refractivity contribution in [2.75, 3.05) is 5.32 Å². The van der Waals surface area contributed by atoms with E-state index in [0.717, 1.165) is 0 Å². The Morgan fingerprint density at radius 1 is 1.08 bits per heavy atom. The lowest BCUT2D eigenvalue weighted by Crippen LogP contribution is -2.29. The van der Waals surface area contributed by atoms with E-state index in [2.05, 4.69) is 5.32 Å². The van der Waals surface area contributed by atoms with Gasteiger partial charge in [0.05, 0.1) is 26.1 Å². The van der Waals surface area contributed by atoms with E-state index in [0.29, 0.717) is 16.3 Å². The Morgan fingerprint density at radius 2 is 1.72 bits per heavy atom. The van der Waals surface area contributed by atoms with Gasteiger partial charge in [-0.15, -0.1) is 0 Å². The molecule has 0 radical (unpaired) electrons. The first-order valence-corrected chi connectivity index (χ1v) is 9.99. The summed E-state index contributed by atoms with van der Waals surface area (Å²) in [5.74, 6) is -0.513. The highest BCUT2D eigenvalue weighted by Crippen LogP contribution is 2.27. The minimum Gasteiger partial charge on any atom is -0.322 e. The van der Waals surface area contributed by atoms with E-state index >= 15 is 0 Å². The molecule has 2 aromatic rings. The molecule has 0 bridgehead atoms. The molecular weight excluding hydrogens is 381 g/mol. The van der Waals surface area contributed by atoms with Crippen LogP contribution in [-0.4, -0.2) is 19.1 Å². The second kappa shape index (κ2) is 7.36. The van der Waals surface area contributed by atoms with Crippen molar-refractivity contribution >= 4 is 44.6 Å². The van der Waals surface area contributed by atoms with Crippen LogP contribution in [0.4, 0.5) is 5.69 Å². The lowest BCUT2D eigenvalue weighted by Gasteiger charge is -2.19. The van der Waals surface area contributed by atoms with Gasteiger partial charge in [-0.05, 0) is 50.6 Å². The number of hydrogen-bond donors (Lipinski definition) is 1. The molecule has 2 aromatic carbocycles. The highest BCUT2D eigenvalue weighted by atomic mass is 35.5. The summed E-state index contributed by atoms with van der Waals surface area (Å²) in [7, 11) is -3.31. The number of nitrogens with one attached hydrogen (secondary N) is 1. The monoisotopic (exact) mass is 399 g/mol. The summed E-state index contributed by atoms with van der Waals surface area (Å²) in [5, 5.41) is 3.18. The molecule has 7 heteroatoms. The van der Waals surface area contributed by atoms with Crippen molar-refractivity contribution in [3.05, 3.63) is 63.6 Å². The fraction of sp³-hybridized carbons (Fsp3) is 0.278. The van der Waals surface area contributed by atoms with Crippen molar-refractivity contribution in [3.8, 4) is 0 Å². The van der Waals surface area contributed by atoms with Crippen LogP contribution in [0.2, 0.25) is 10.0 Å². The Balaban J connectivity index is 2.22. The molecule has 0 aliphatic heterocycles. The smallest absolute Gasteiger partial charge is 0.257 e. The van der Waals surface area contributed by atoms with E-state index < -0.39 is 20.5 Å². The van der Waals surface area contributed by atoms with Crippen LogP contribution in [0.15, 0.2) is 42.5 Å². The van der Waals surface area contributed by atoms with E-state index in [1.54, 1.807) is 63.2 Å². The van der Waals surface area contributed by atoms with Gasteiger partial charge in [-0.25, -0.2) is 8.42 Å². The van der Waals surface area contributed by atoms with Gasteiger partial charge in [0.15, 0.2) is 9.84 Å². The first kappa shape index (κ1) is 19.8. The standard InChI is InChI=1S/C18H19Cl2NO3S/c1-18(2,3)25(23,24)11-12-6-4-7-13(10-12)21-17(22)14-8-5-9-15(19)16(14)20/h4-10H,11H2,1-3H3,(H,21,22). The van der Waals surface area contributed by atoms with Crippen molar-refractivity contribution < 1.29 is 13.2 Å². The summed E-state index contributed by atoms with van der Waals surface area (Å²) in [6.45, 7) is 4.99. The fourth-order valence-corrected chi connectivity index (χ4v) is 3.49. The van der Waals surface area contributed by atoms with Crippen LogP contribution in [0.25, 0.3) is 0 Å². The van der Waals surface area contributed by atoms with Gasteiger partial charge in [0.1, 0.15) is 0 Å². The summed E-state index contributed by atoms with van der Waals surface area (Å²) in [6, 6.07) is 11.5. The number of amides is 1. The lowest BCUT2D eigenvalue weighted by atomic mass is 10.2. The van der Waals surface area contributed by atoms with E-state index in [4.69, 9.17) is 23.2 Å². The summed E-state index contributed by atoms with van der Waals surface area (Å²) in [5.41, 5.74) is 1.34. The van der Waals surface area contributed by atoms with Crippen LogP contribution in [0.5, 0.6) is 0 Å². The molecule has 1 N–H and O–H groups in total. The van der Waals surface area contributed by atoms with Gasteiger partial charge < -0.3 is 5.32 Å². The van der Waals surface area contributed by atoms with Crippen LogP contribution in [0, 0.1) is 0 Å². The molecule has 0 aromatic heterocycles. The van der Waals surface area contributed by atoms with Gasteiger partial charge in [0.2, 0.25) is 0 Å². The van der Waals surface area contributed by atoms with Gasteiger partial charge in [0, 0.05) is 5.69 Å². The Kier molecular flexibility index (Phi) is 5.82. The van der Waals surface area contributed by atoms with Gasteiger partial charge in [0.25, 0.3) is 5.91 Å². The van der Waals surface area contributed by atoms with E-state index in [-0.39, 0.29) is 16.3 Å². The zero-order valence-corrected chi connectivity index (χ0v) is 16.5. The number of carbonyl (C=O) groups is 1. The third kappa shape index (κ3) is 4.75. The topological polar surface area (TPSA) is 63.2 Å². The minimum absolute atomic E-state index is 0.0991. The molecule has 0 aliphatic carbocycles. The maximum absolute atomic E-state index is 12.4. The third-order valence-corrected chi connectivity index (χ3v) is 7.07. The number of sulfone groups is 1. The van der Waals surface area contributed by atoms with Crippen molar-refractivity contribution in [3.63, 3.8) is 0 Å². The number of benzene rings is 2. The maximum atomic E-state index is 12.4. The summed E-state index contributed by atoms with van der Waals surface area (Å²) < 4.78 is 23.8. The Morgan fingerprint density at radius 3 is 2.36 bits per heavy atom. The van der Waals surface area contributed by atoms with Crippen LogP contribution in [-0.2, 0) is 15.6 Å². The number of hydrogen-bond acceptors (Lipinski definition) is 3. The fourth-order valence-electron chi connectivity index (χ4n) is 2.05. The predicted octanol–water partition coefficient (Wildman–Crippen LogP) is 4.96. The molecule has 134 valence electrons. The van der Waals surface area contributed by atoms with E-state index in [1.165, 1.54) is 0 Å². The highest BCUT2D eigenvalue weighted by molar-refractivity contribution is 7.91. The number of halogens is 2. The van der Waals surface area contributed by atoms with Crippen LogP contribution in [0.1, 0.15) is 36.7 Å². The number of anilines is 1. The molecule has 0 fully saturated rings. The average Bonchev–Trinajstić information content (AvgIpc) is 2.48. The van der Waals surface area contributed by atoms with Gasteiger partial charge in [-0.3, -0.25) is 4.79 Å². The van der Waals surface area contributed by atoms with Crippen molar-refractivity contribution in [1.29, 1.82) is 0 Å². The summed E-state index contributed by atoms with van der Waals surface area (Å²) >= 11 is 12.0. The largest absolute Gasteiger partial charge is 0.322 e. The molecule has 0 aliphatic rings. The number of carbonyl (C=O) groups excluding carboxylic acids is 1. The quantitative estimate of drug-likeness (QED) is 0.789. The van der Waals surface area contributed by atoms with Gasteiger partial charge in [-0.1, -0.05) is 41.4 Å². The Labute approximate surface area is 158 Å². The second-order valence-electron chi connectivity index (χ2n) is 6.63. The number of rotatable bonds is 4. The van der Waals surface area contributed by atoms with Gasteiger partial charge in [-0.2, -0.15) is 0 Å². The molecule has 0 atom stereocenters. The summed E-state index contributed by atoms with van der Waals surface area (Å²) in [6.07, 6.45) is 0. The maximum Gasteiger partial charge on any atom is 0.257 e. The SMILES string of the molecule is CC(C)(C)S(=O)(=O)Cc1cccc(NC(=O)c2cccc(Cl)c2Cl)c1. The zero-order valence-electron chi connectivity index (χ0n) is 14.1. The second-order valence-corrected chi connectivity index (χ2v) is 10.2. The molecule has 2 rings (SSSR count). The van der Waals surface area contributed by atoms with Crippen LogP contribution < -0.4 is 5.32 Å². The van der Waals surface area contributed by atoms with Gasteiger partial charge >= 0.3 is 0 Å². The van der Waals surface area contributed by atoms with E-state index in [1.807, 2.05) is 0 Å². The zero-order chi connectivity index (χ0) is 18.8. The van der Waals surface area contributed by atoms with Crippen LogP contribution in [0.3, 0.4) is 0 Å². The molecule has 1 amide bonds. The first-order chi connectivity index (χ1) is 11.5.